The fraction of sp³-hybridized carbons (Fsp3) is 0.562. The molecule has 1 aliphatic carbocycles. The van der Waals surface area contributed by atoms with Crippen LogP contribution < -0.4 is 5.32 Å². The van der Waals surface area contributed by atoms with Gasteiger partial charge in [0, 0.05) is 12.6 Å². The summed E-state index contributed by atoms with van der Waals surface area (Å²) in [5.41, 5.74) is 0. The Balaban J connectivity index is 1.60. The first-order valence-electron chi connectivity index (χ1n) is 7.26. The van der Waals surface area contributed by atoms with Gasteiger partial charge in [-0.3, -0.25) is 4.79 Å². The summed E-state index contributed by atoms with van der Waals surface area (Å²) in [6.45, 7) is 2.66. The topological polar surface area (TPSA) is 42.2 Å². The molecule has 1 amide bonds. The van der Waals surface area contributed by atoms with Crippen molar-refractivity contribution in [3.8, 4) is 0 Å². The lowest BCUT2D eigenvalue weighted by Crippen LogP contribution is -2.22. The highest BCUT2D eigenvalue weighted by Gasteiger charge is 2.13. The van der Waals surface area contributed by atoms with Gasteiger partial charge >= 0.3 is 0 Å². The monoisotopic (exact) mass is 261 g/mol. The van der Waals surface area contributed by atoms with Crippen molar-refractivity contribution in [2.75, 3.05) is 6.54 Å². The lowest BCUT2D eigenvalue weighted by molar-refractivity contribution is -0.116. The Morgan fingerprint density at radius 2 is 2.21 bits per heavy atom. The van der Waals surface area contributed by atoms with E-state index >= 15 is 0 Å². The normalized spacial score (nSPS) is 16.3. The van der Waals surface area contributed by atoms with Gasteiger partial charge in [0.1, 0.15) is 11.5 Å². The Labute approximate surface area is 115 Å². The molecule has 0 aliphatic heterocycles. The third-order valence-corrected chi connectivity index (χ3v) is 3.72. The fourth-order valence-corrected chi connectivity index (χ4v) is 2.66. The summed E-state index contributed by atoms with van der Waals surface area (Å²) in [6, 6.07) is 3.75. The number of hydrogen-bond donors (Lipinski definition) is 1. The number of amides is 1. The molecule has 3 heteroatoms. The molecule has 0 spiro atoms. The minimum absolute atomic E-state index is 0.0412. The highest BCUT2D eigenvalue weighted by Crippen LogP contribution is 2.28. The second kappa shape index (κ2) is 7.17. The summed E-state index contributed by atoms with van der Waals surface area (Å²) < 4.78 is 5.36. The highest BCUT2D eigenvalue weighted by molar-refractivity contribution is 5.91. The number of hydrogen-bond acceptors (Lipinski definition) is 2. The number of carbonyl (C=O) groups excluding carboxylic acids is 1. The van der Waals surface area contributed by atoms with Gasteiger partial charge in [-0.25, -0.2) is 0 Å². The third kappa shape index (κ3) is 4.93. The number of rotatable bonds is 6. The summed E-state index contributed by atoms with van der Waals surface area (Å²) in [6.07, 6.45) is 11.1. The molecule has 1 aromatic heterocycles. The zero-order valence-corrected chi connectivity index (χ0v) is 11.7. The van der Waals surface area contributed by atoms with Crippen LogP contribution in [0.5, 0.6) is 0 Å². The van der Waals surface area contributed by atoms with Crippen LogP contribution in [0, 0.1) is 12.8 Å². The molecule has 0 bridgehead atoms. The van der Waals surface area contributed by atoms with Gasteiger partial charge in [0.15, 0.2) is 0 Å². The summed E-state index contributed by atoms with van der Waals surface area (Å²) in [7, 11) is 0. The molecule has 1 heterocycles. The van der Waals surface area contributed by atoms with E-state index in [-0.39, 0.29) is 5.91 Å². The van der Waals surface area contributed by atoms with Crippen LogP contribution in [0.4, 0.5) is 0 Å². The zero-order chi connectivity index (χ0) is 13.5. The molecule has 104 valence electrons. The first-order chi connectivity index (χ1) is 9.24. The average molecular weight is 261 g/mol. The number of carbonyl (C=O) groups is 1. The van der Waals surface area contributed by atoms with Crippen molar-refractivity contribution in [1.29, 1.82) is 0 Å². The van der Waals surface area contributed by atoms with Crippen LogP contribution in [0.25, 0.3) is 6.08 Å². The molecule has 0 aromatic carbocycles. The second-order valence-corrected chi connectivity index (χ2v) is 5.37. The molecule has 1 fully saturated rings. The van der Waals surface area contributed by atoms with Crippen LogP contribution in [-0.4, -0.2) is 12.5 Å². The van der Waals surface area contributed by atoms with Crippen molar-refractivity contribution in [2.24, 2.45) is 5.92 Å². The minimum atomic E-state index is -0.0412. The van der Waals surface area contributed by atoms with Crippen LogP contribution >= 0.6 is 0 Å². The van der Waals surface area contributed by atoms with Gasteiger partial charge in [0.25, 0.3) is 0 Å². The van der Waals surface area contributed by atoms with Crippen LogP contribution in [0.3, 0.4) is 0 Å². The van der Waals surface area contributed by atoms with E-state index in [1.165, 1.54) is 38.2 Å². The maximum absolute atomic E-state index is 11.6. The van der Waals surface area contributed by atoms with Crippen LogP contribution in [0.2, 0.25) is 0 Å². The Hall–Kier alpha value is -1.51. The predicted octanol–water partition coefficient (Wildman–Crippen LogP) is 3.69. The van der Waals surface area contributed by atoms with E-state index in [0.29, 0.717) is 0 Å². The Kier molecular flexibility index (Phi) is 5.25. The highest BCUT2D eigenvalue weighted by atomic mass is 16.3. The van der Waals surface area contributed by atoms with Gasteiger partial charge in [0.05, 0.1) is 0 Å². The van der Waals surface area contributed by atoms with Gasteiger partial charge in [-0.15, -0.1) is 0 Å². The fourth-order valence-electron chi connectivity index (χ4n) is 2.66. The van der Waals surface area contributed by atoms with Crippen molar-refractivity contribution < 1.29 is 9.21 Å². The molecule has 1 N–H and O–H groups in total. The van der Waals surface area contributed by atoms with E-state index in [4.69, 9.17) is 4.42 Å². The van der Waals surface area contributed by atoms with E-state index in [1.807, 2.05) is 19.1 Å². The molecule has 1 aromatic rings. The smallest absolute Gasteiger partial charge is 0.244 e. The number of furan rings is 1. The molecule has 1 aliphatic rings. The average Bonchev–Trinajstić information content (AvgIpc) is 3.03. The van der Waals surface area contributed by atoms with Crippen LogP contribution in [0.1, 0.15) is 50.0 Å². The van der Waals surface area contributed by atoms with Crippen molar-refractivity contribution in [3.05, 3.63) is 29.7 Å². The molecule has 0 unspecified atom stereocenters. The largest absolute Gasteiger partial charge is 0.462 e. The predicted molar refractivity (Wildman–Crippen MR) is 76.7 cm³/mol. The van der Waals surface area contributed by atoms with Crippen molar-refractivity contribution in [1.82, 2.24) is 5.32 Å². The third-order valence-electron chi connectivity index (χ3n) is 3.72. The molecule has 2 rings (SSSR count). The molecule has 1 saturated carbocycles. The first-order valence-corrected chi connectivity index (χ1v) is 7.26. The quantitative estimate of drug-likeness (QED) is 0.627. The van der Waals surface area contributed by atoms with Crippen molar-refractivity contribution >= 4 is 12.0 Å². The first kappa shape index (κ1) is 13.9. The van der Waals surface area contributed by atoms with Crippen LogP contribution in [0.15, 0.2) is 22.6 Å². The van der Waals surface area contributed by atoms with Crippen LogP contribution in [-0.2, 0) is 4.79 Å². The Bertz CT molecular complexity index is 428. The molecule has 3 nitrogen and oxygen atoms in total. The van der Waals surface area contributed by atoms with E-state index in [9.17, 15) is 4.79 Å². The van der Waals surface area contributed by atoms with Crippen molar-refractivity contribution in [2.45, 2.75) is 45.4 Å². The minimum Gasteiger partial charge on any atom is -0.462 e. The van der Waals surface area contributed by atoms with E-state index in [1.54, 1.807) is 6.08 Å². The molecular formula is C16H23NO2. The lowest BCUT2D eigenvalue weighted by atomic mass is 10.0. The maximum Gasteiger partial charge on any atom is 0.244 e. The van der Waals surface area contributed by atoms with Gasteiger partial charge in [0.2, 0.25) is 5.91 Å². The van der Waals surface area contributed by atoms with Gasteiger partial charge in [-0.2, -0.15) is 0 Å². The summed E-state index contributed by atoms with van der Waals surface area (Å²) in [4.78, 5) is 11.6. The Morgan fingerprint density at radius 3 is 2.89 bits per heavy atom. The summed E-state index contributed by atoms with van der Waals surface area (Å²) >= 11 is 0. The lowest BCUT2D eigenvalue weighted by Gasteiger charge is -2.08. The molecule has 19 heavy (non-hydrogen) atoms. The second-order valence-electron chi connectivity index (χ2n) is 5.37. The molecular weight excluding hydrogens is 238 g/mol. The molecule has 0 radical (unpaired) electrons. The molecule has 0 atom stereocenters. The zero-order valence-electron chi connectivity index (χ0n) is 11.7. The summed E-state index contributed by atoms with van der Waals surface area (Å²) in [5.74, 6) is 2.44. The standard InChI is InChI=1S/C16H23NO2/c1-13-8-9-15(19-13)10-11-16(18)17-12-4-7-14-5-2-3-6-14/h8-11,14H,2-7,12H2,1H3,(H,17,18)/b11-10+. The Morgan fingerprint density at radius 1 is 1.42 bits per heavy atom. The van der Waals surface area contributed by atoms with E-state index < -0.39 is 0 Å². The van der Waals surface area contributed by atoms with Crippen molar-refractivity contribution in [3.63, 3.8) is 0 Å². The number of aryl methyl sites for hydroxylation is 1. The van der Waals surface area contributed by atoms with Gasteiger partial charge in [-0.05, 0) is 43.9 Å². The maximum atomic E-state index is 11.6. The van der Waals surface area contributed by atoms with E-state index in [2.05, 4.69) is 5.32 Å². The van der Waals surface area contributed by atoms with Gasteiger partial charge in [-0.1, -0.05) is 25.7 Å². The van der Waals surface area contributed by atoms with E-state index in [0.717, 1.165) is 30.4 Å². The SMILES string of the molecule is Cc1ccc(/C=C/C(=O)NCCCC2CCCC2)o1. The van der Waals surface area contributed by atoms with Gasteiger partial charge < -0.3 is 9.73 Å². The number of nitrogens with one attached hydrogen (secondary N) is 1. The molecule has 0 saturated heterocycles. The summed E-state index contributed by atoms with van der Waals surface area (Å²) in [5, 5.41) is 2.92.